The lowest BCUT2D eigenvalue weighted by molar-refractivity contribution is -0.384. The minimum absolute atomic E-state index is 0.0293. The molecule has 1 rings (SSSR count). The fourth-order valence-corrected chi connectivity index (χ4v) is 2.19. The lowest BCUT2D eigenvalue weighted by atomic mass is 10.0. The predicted molar refractivity (Wildman–Crippen MR) is 79.7 cm³/mol. The zero-order valence-corrected chi connectivity index (χ0v) is 12.1. The first-order valence-electron chi connectivity index (χ1n) is 7.07. The third-order valence-corrected chi connectivity index (χ3v) is 3.23. The van der Waals surface area contributed by atoms with Crippen LogP contribution in [0.25, 0.3) is 0 Å². The number of nitro benzene ring substituents is 1. The Hall–Kier alpha value is -2.09. The minimum Gasteiger partial charge on any atom is -0.377 e. The summed E-state index contributed by atoms with van der Waals surface area (Å²) in [5, 5.41) is 23.2. The van der Waals surface area contributed by atoms with Crippen molar-refractivity contribution in [3.05, 3.63) is 33.9 Å². The highest BCUT2D eigenvalue weighted by molar-refractivity contribution is 5.64. The van der Waals surface area contributed by atoms with Crippen molar-refractivity contribution < 1.29 is 4.92 Å². The molecular weight excluding hydrogens is 254 g/mol. The lowest BCUT2D eigenvalue weighted by Crippen LogP contribution is -2.20. The molecular formula is C15H21N3O2. The van der Waals surface area contributed by atoms with E-state index in [1.807, 2.05) is 6.07 Å². The summed E-state index contributed by atoms with van der Waals surface area (Å²) >= 11 is 0. The first kappa shape index (κ1) is 16.0. The van der Waals surface area contributed by atoms with Gasteiger partial charge in [0, 0.05) is 12.1 Å². The van der Waals surface area contributed by atoms with E-state index in [9.17, 15) is 10.1 Å². The molecule has 20 heavy (non-hydrogen) atoms. The van der Waals surface area contributed by atoms with Gasteiger partial charge in [-0.3, -0.25) is 10.1 Å². The Balaban J connectivity index is 2.96. The van der Waals surface area contributed by atoms with E-state index in [0.29, 0.717) is 11.3 Å². The van der Waals surface area contributed by atoms with E-state index >= 15 is 0 Å². The Morgan fingerprint density at radius 2 is 2.10 bits per heavy atom. The zero-order valence-electron chi connectivity index (χ0n) is 12.1. The number of nitro groups is 1. The van der Waals surface area contributed by atoms with Crippen molar-refractivity contribution in [3.8, 4) is 6.07 Å². The number of nitrogens with zero attached hydrogens (tertiary/aromatic N) is 2. The molecule has 0 radical (unpaired) electrons. The topological polar surface area (TPSA) is 79.0 Å². The molecule has 0 bridgehead atoms. The molecule has 0 fully saturated rings. The SMILES string of the molecule is CCCCC(CCC)Nc1cc(C#N)ccc1[N+](=O)[O-]. The van der Waals surface area contributed by atoms with Crippen molar-refractivity contribution in [1.82, 2.24) is 0 Å². The molecule has 1 unspecified atom stereocenters. The normalized spacial score (nSPS) is 11.7. The second-order valence-electron chi connectivity index (χ2n) is 4.87. The molecule has 0 aliphatic rings. The van der Waals surface area contributed by atoms with Gasteiger partial charge in [-0.25, -0.2) is 0 Å². The van der Waals surface area contributed by atoms with Gasteiger partial charge in [0.2, 0.25) is 0 Å². The second kappa shape index (κ2) is 8.16. The molecule has 0 saturated heterocycles. The maximum atomic E-state index is 11.1. The van der Waals surface area contributed by atoms with Gasteiger partial charge in [0.15, 0.2) is 0 Å². The number of unbranched alkanes of at least 4 members (excludes halogenated alkanes) is 1. The van der Waals surface area contributed by atoms with E-state index in [2.05, 4.69) is 19.2 Å². The Morgan fingerprint density at radius 3 is 2.65 bits per heavy atom. The molecule has 108 valence electrons. The fourth-order valence-electron chi connectivity index (χ4n) is 2.19. The Kier molecular flexibility index (Phi) is 6.51. The van der Waals surface area contributed by atoms with Gasteiger partial charge >= 0.3 is 0 Å². The molecule has 0 aromatic heterocycles. The van der Waals surface area contributed by atoms with Crippen molar-refractivity contribution in [2.45, 2.75) is 52.0 Å². The van der Waals surface area contributed by atoms with Gasteiger partial charge in [-0.15, -0.1) is 0 Å². The number of nitriles is 1. The highest BCUT2D eigenvalue weighted by atomic mass is 16.6. The average molecular weight is 275 g/mol. The molecule has 1 aromatic rings. The summed E-state index contributed by atoms with van der Waals surface area (Å²) in [5.74, 6) is 0. The second-order valence-corrected chi connectivity index (χ2v) is 4.87. The first-order chi connectivity index (χ1) is 9.62. The van der Waals surface area contributed by atoms with Crippen LogP contribution in [-0.4, -0.2) is 11.0 Å². The Morgan fingerprint density at radius 1 is 1.35 bits per heavy atom. The summed E-state index contributed by atoms with van der Waals surface area (Å²) in [7, 11) is 0. The molecule has 1 N–H and O–H groups in total. The monoisotopic (exact) mass is 275 g/mol. The van der Waals surface area contributed by atoms with E-state index in [1.165, 1.54) is 12.1 Å². The molecule has 1 aromatic carbocycles. The van der Waals surface area contributed by atoms with Crippen LogP contribution in [0, 0.1) is 21.4 Å². The lowest BCUT2D eigenvalue weighted by Gasteiger charge is -2.19. The smallest absolute Gasteiger partial charge is 0.292 e. The van der Waals surface area contributed by atoms with Crippen LogP contribution in [0.1, 0.15) is 51.5 Å². The van der Waals surface area contributed by atoms with Crippen LogP contribution >= 0.6 is 0 Å². The molecule has 0 heterocycles. The molecule has 5 heteroatoms. The number of rotatable bonds is 8. The highest BCUT2D eigenvalue weighted by Crippen LogP contribution is 2.27. The van der Waals surface area contributed by atoms with E-state index in [1.54, 1.807) is 6.07 Å². The maximum Gasteiger partial charge on any atom is 0.292 e. The van der Waals surface area contributed by atoms with Crippen LogP contribution in [0.3, 0.4) is 0 Å². The van der Waals surface area contributed by atoms with Crippen LogP contribution in [0.5, 0.6) is 0 Å². The molecule has 0 aliphatic heterocycles. The molecule has 5 nitrogen and oxygen atoms in total. The third-order valence-electron chi connectivity index (χ3n) is 3.23. The van der Waals surface area contributed by atoms with Gasteiger partial charge in [-0.05, 0) is 25.0 Å². The standard InChI is InChI=1S/C15H21N3O2/c1-3-5-7-13(6-4-2)17-14-10-12(11-16)8-9-15(14)18(19)20/h8-10,13,17H,3-7H2,1-2H3. The summed E-state index contributed by atoms with van der Waals surface area (Å²) in [4.78, 5) is 10.6. The van der Waals surface area contributed by atoms with Crippen molar-refractivity contribution in [2.75, 3.05) is 5.32 Å². The van der Waals surface area contributed by atoms with Crippen molar-refractivity contribution in [2.24, 2.45) is 0 Å². The largest absolute Gasteiger partial charge is 0.377 e. The predicted octanol–water partition coefficient (Wildman–Crippen LogP) is 4.24. The summed E-state index contributed by atoms with van der Waals surface area (Å²) in [5.41, 5.74) is 0.911. The minimum atomic E-state index is -0.410. The van der Waals surface area contributed by atoms with Crippen LogP contribution in [0.2, 0.25) is 0 Å². The fraction of sp³-hybridized carbons (Fsp3) is 0.533. The molecule has 0 amide bonds. The number of benzene rings is 1. The van der Waals surface area contributed by atoms with E-state index in [-0.39, 0.29) is 11.7 Å². The van der Waals surface area contributed by atoms with Gasteiger partial charge in [0.25, 0.3) is 5.69 Å². The van der Waals surface area contributed by atoms with Crippen molar-refractivity contribution >= 4 is 11.4 Å². The molecule has 0 aliphatic carbocycles. The van der Waals surface area contributed by atoms with Crippen molar-refractivity contribution in [3.63, 3.8) is 0 Å². The van der Waals surface area contributed by atoms with E-state index in [0.717, 1.165) is 32.1 Å². The van der Waals surface area contributed by atoms with Gasteiger partial charge in [-0.2, -0.15) is 5.26 Å². The summed E-state index contributed by atoms with van der Waals surface area (Å²) in [6, 6.07) is 6.67. The summed E-state index contributed by atoms with van der Waals surface area (Å²) in [6.07, 6.45) is 5.16. The molecule has 1 atom stereocenters. The molecule has 0 spiro atoms. The van der Waals surface area contributed by atoms with Crippen LogP contribution in [0.4, 0.5) is 11.4 Å². The van der Waals surface area contributed by atoms with Crippen LogP contribution < -0.4 is 5.32 Å². The Labute approximate surface area is 119 Å². The summed E-state index contributed by atoms with van der Waals surface area (Å²) < 4.78 is 0. The average Bonchev–Trinajstić information content (AvgIpc) is 2.44. The van der Waals surface area contributed by atoms with Crippen LogP contribution in [-0.2, 0) is 0 Å². The quantitative estimate of drug-likeness (QED) is 0.568. The molecule has 0 saturated carbocycles. The van der Waals surface area contributed by atoms with E-state index in [4.69, 9.17) is 5.26 Å². The summed E-state index contributed by atoms with van der Waals surface area (Å²) in [6.45, 7) is 4.22. The van der Waals surface area contributed by atoms with Crippen molar-refractivity contribution in [1.29, 1.82) is 5.26 Å². The number of nitrogens with one attached hydrogen (secondary N) is 1. The highest BCUT2D eigenvalue weighted by Gasteiger charge is 2.17. The zero-order chi connectivity index (χ0) is 15.0. The van der Waals surface area contributed by atoms with Gasteiger partial charge in [0.05, 0.1) is 16.6 Å². The van der Waals surface area contributed by atoms with Gasteiger partial charge < -0.3 is 5.32 Å². The number of anilines is 1. The number of hydrogen-bond donors (Lipinski definition) is 1. The first-order valence-corrected chi connectivity index (χ1v) is 7.07. The van der Waals surface area contributed by atoms with Gasteiger partial charge in [0.1, 0.15) is 5.69 Å². The number of hydrogen-bond acceptors (Lipinski definition) is 4. The Bertz CT molecular complexity index is 494. The van der Waals surface area contributed by atoms with Gasteiger partial charge in [-0.1, -0.05) is 33.1 Å². The van der Waals surface area contributed by atoms with Crippen LogP contribution in [0.15, 0.2) is 18.2 Å². The maximum absolute atomic E-state index is 11.1. The van der Waals surface area contributed by atoms with E-state index < -0.39 is 4.92 Å². The third kappa shape index (κ3) is 4.54.